The summed E-state index contributed by atoms with van der Waals surface area (Å²) in [7, 11) is 0. The number of halogens is 2. The van der Waals surface area contributed by atoms with Gasteiger partial charge in [0, 0.05) is 6.07 Å². The predicted octanol–water partition coefficient (Wildman–Crippen LogP) is 2.59. The van der Waals surface area contributed by atoms with Crippen LogP contribution in [0.25, 0.3) is 0 Å². The Balaban J connectivity index is 2.09. The molecule has 2 aromatic carbocycles. The van der Waals surface area contributed by atoms with Crippen molar-refractivity contribution in [2.45, 2.75) is 13.0 Å². The largest absolute Gasteiger partial charge is 0.489 e. The van der Waals surface area contributed by atoms with Gasteiger partial charge in [0.15, 0.2) is 0 Å². The van der Waals surface area contributed by atoms with Crippen LogP contribution in [0, 0.1) is 5.82 Å². The van der Waals surface area contributed by atoms with Gasteiger partial charge in [0.25, 0.3) is 0 Å². The second-order valence-corrected chi connectivity index (χ2v) is 4.78. The Bertz CT molecular complexity index is 649. The van der Waals surface area contributed by atoms with Crippen molar-refractivity contribution in [3.63, 3.8) is 0 Å². The van der Waals surface area contributed by atoms with Crippen molar-refractivity contribution >= 4 is 17.5 Å². The van der Waals surface area contributed by atoms with Crippen LogP contribution in [0.2, 0.25) is 5.02 Å². The van der Waals surface area contributed by atoms with E-state index in [9.17, 15) is 9.18 Å². The van der Waals surface area contributed by atoms with Gasteiger partial charge in [0.05, 0.1) is 11.4 Å². The first-order valence-electron chi connectivity index (χ1n) is 6.24. The zero-order valence-corrected chi connectivity index (χ0v) is 11.9. The molecule has 0 spiro atoms. The van der Waals surface area contributed by atoms with E-state index in [0.29, 0.717) is 5.75 Å². The number of hydrazine groups is 1. The van der Waals surface area contributed by atoms with Gasteiger partial charge >= 0.3 is 0 Å². The Kier molecular flexibility index (Phi) is 5.14. The number of hydrogen-bond acceptors (Lipinski definition) is 3. The summed E-state index contributed by atoms with van der Waals surface area (Å²) in [6, 6.07) is 11.5. The lowest BCUT2D eigenvalue weighted by atomic mass is 10.1. The highest BCUT2D eigenvalue weighted by Crippen LogP contribution is 2.22. The number of rotatable bonds is 5. The van der Waals surface area contributed by atoms with Crippen molar-refractivity contribution in [2.24, 2.45) is 5.84 Å². The van der Waals surface area contributed by atoms with E-state index in [0.717, 1.165) is 11.1 Å². The zero-order chi connectivity index (χ0) is 15.2. The number of nitrogens with one attached hydrogen (secondary N) is 1. The van der Waals surface area contributed by atoms with Crippen molar-refractivity contribution in [3.8, 4) is 5.75 Å². The molecule has 0 aliphatic carbocycles. The second-order valence-electron chi connectivity index (χ2n) is 4.38. The van der Waals surface area contributed by atoms with E-state index < -0.39 is 5.82 Å². The molecule has 2 rings (SSSR count). The van der Waals surface area contributed by atoms with E-state index in [-0.39, 0.29) is 24.0 Å². The van der Waals surface area contributed by atoms with Gasteiger partial charge in [-0.1, -0.05) is 35.9 Å². The van der Waals surface area contributed by atoms with Crippen LogP contribution < -0.4 is 16.0 Å². The van der Waals surface area contributed by atoms with Gasteiger partial charge in [0.2, 0.25) is 5.91 Å². The van der Waals surface area contributed by atoms with Crippen molar-refractivity contribution in [3.05, 3.63) is 64.4 Å². The summed E-state index contributed by atoms with van der Waals surface area (Å²) in [5.74, 6) is 4.76. The smallest absolute Gasteiger partial charge is 0.238 e. The highest BCUT2D eigenvalue weighted by Gasteiger charge is 2.08. The summed E-state index contributed by atoms with van der Waals surface area (Å²) in [4.78, 5) is 11.4. The van der Waals surface area contributed by atoms with Gasteiger partial charge in [-0.25, -0.2) is 10.2 Å². The third-order valence-corrected chi connectivity index (χ3v) is 3.21. The third-order valence-electron chi connectivity index (χ3n) is 2.92. The molecule has 0 bridgehead atoms. The molecule has 0 aromatic heterocycles. The lowest BCUT2D eigenvalue weighted by Crippen LogP contribution is -2.31. The first kappa shape index (κ1) is 15.3. The number of amides is 1. The fourth-order valence-electron chi connectivity index (χ4n) is 1.82. The Morgan fingerprint density at radius 2 is 1.95 bits per heavy atom. The van der Waals surface area contributed by atoms with Gasteiger partial charge < -0.3 is 4.74 Å². The van der Waals surface area contributed by atoms with E-state index in [1.54, 1.807) is 0 Å². The fraction of sp³-hybridized carbons (Fsp3) is 0.133. The minimum Gasteiger partial charge on any atom is -0.489 e. The lowest BCUT2D eigenvalue weighted by molar-refractivity contribution is -0.120. The van der Waals surface area contributed by atoms with Crippen LogP contribution in [0.5, 0.6) is 5.75 Å². The maximum absolute atomic E-state index is 13.1. The first-order valence-corrected chi connectivity index (χ1v) is 6.62. The maximum Gasteiger partial charge on any atom is 0.238 e. The Labute approximate surface area is 126 Å². The molecule has 0 fully saturated rings. The SMILES string of the molecule is NNC(=O)Cc1ccccc1COc1ccc(F)c(Cl)c1. The van der Waals surface area contributed by atoms with E-state index in [2.05, 4.69) is 5.43 Å². The number of nitrogens with two attached hydrogens (primary N) is 1. The average Bonchev–Trinajstić information content (AvgIpc) is 2.49. The quantitative estimate of drug-likeness (QED) is 0.507. The molecule has 0 atom stereocenters. The molecule has 21 heavy (non-hydrogen) atoms. The molecule has 110 valence electrons. The molecule has 4 nitrogen and oxygen atoms in total. The molecule has 0 saturated heterocycles. The Morgan fingerprint density at radius 3 is 2.62 bits per heavy atom. The highest BCUT2D eigenvalue weighted by molar-refractivity contribution is 6.30. The number of benzene rings is 2. The minimum absolute atomic E-state index is 0.00305. The Hall–Kier alpha value is -2.11. The topological polar surface area (TPSA) is 64.3 Å². The van der Waals surface area contributed by atoms with Crippen LogP contribution in [0.4, 0.5) is 4.39 Å². The average molecular weight is 309 g/mol. The van der Waals surface area contributed by atoms with Crippen LogP contribution in [0.3, 0.4) is 0 Å². The van der Waals surface area contributed by atoms with E-state index >= 15 is 0 Å². The lowest BCUT2D eigenvalue weighted by Gasteiger charge is -2.11. The molecular weight excluding hydrogens is 295 g/mol. The minimum atomic E-state index is -0.496. The van der Waals surface area contributed by atoms with Gasteiger partial charge in [-0.3, -0.25) is 10.2 Å². The maximum atomic E-state index is 13.1. The molecule has 0 saturated carbocycles. The molecule has 1 amide bonds. The summed E-state index contributed by atoms with van der Waals surface area (Å²) >= 11 is 5.69. The van der Waals surface area contributed by atoms with Crippen molar-refractivity contribution in [1.82, 2.24) is 5.43 Å². The standard InChI is InChI=1S/C15H14ClFN2O2/c16-13-8-12(5-6-14(13)17)21-9-11-4-2-1-3-10(11)7-15(20)19-18/h1-6,8H,7,9,18H2,(H,19,20). The molecule has 0 aliphatic rings. The number of ether oxygens (including phenoxy) is 1. The van der Waals surface area contributed by atoms with E-state index in [1.165, 1.54) is 18.2 Å². The summed E-state index contributed by atoms with van der Waals surface area (Å²) < 4.78 is 18.6. The molecule has 0 radical (unpaired) electrons. The van der Waals surface area contributed by atoms with E-state index in [4.69, 9.17) is 22.2 Å². The van der Waals surface area contributed by atoms with Crippen LogP contribution in [-0.4, -0.2) is 5.91 Å². The summed E-state index contributed by atoms with van der Waals surface area (Å²) in [5, 5.41) is 0.00305. The summed E-state index contributed by atoms with van der Waals surface area (Å²) in [6.45, 7) is 0.246. The first-order chi connectivity index (χ1) is 10.1. The number of hydrogen-bond donors (Lipinski definition) is 2. The number of carbonyl (C=O) groups excluding carboxylic acids is 1. The zero-order valence-electron chi connectivity index (χ0n) is 11.1. The molecule has 2 aromatic rings. The molecule has 0 aliphatic heterocycles. The Morgan fingerprint density at radius 1 is 1.24 bits per heavy atom. The highest BCUT2D eigenvalue weighted by atomic mass is 35.5. The predicted molar refractivity (Wildman–Crippen MR) is 78.2 cm³/mol. The normalized spacial score (nSPS) is 10.2. The van der Waals surface area contributed by atoms with Crippen LogP contribution >= 0.6 is 11.6 Å². The van der Waals surface area contributed by atoms with Gasteiger partial charge in [0.1, 0.15) is 18.2 Å². The number of carbonyl (C=O) groups is 1. The van der Waals surface area contributed by atoms with Crippen LogP contribution in [0.15, 0.2) is 42.5 Å². The van der Waals surface area contributed by atoms with Crippen molar-refractivity contribution < 1.29 is 13.9 Å². The molecule has 3 N–H and O–H groups in total. The van der Waals surface area contributed by atoms with Crippen LogP contribution in [-0.2, 0) is 17.8 Å². The van der Waals surface area contributed by atoms with E-state index in [1.807, 2.05) is 24.3 Å². The van der Waals surface area contributed by atoms with Crippen LogP contribution in [0.1, 0.15) is 11.1 Å². The van der Waals surface area contributed by atoms with Gasteiger partial charge in [-0.15, -0.1) is 0 Å². The molecular formula is C15H14ClFN2O2. The monoisotopic (exact) mass is 308 g/mol. The van der Waals surface area contributed by atoms with Crippen molar-refractivity contribution in [1.29, 1.82) is 0 Å². The van der Waals surface area contributed by atoms with Gasteiger partial charge in [-0.2, -0.15) is 0 Å². The van der Waals surface area contributed by atoms with Crippen molar-refractivity contribution in [2.75, 3.05) is 0 Å². The second kappa shape index (κ2) is 7.06. The third kappa shape index (κ3) is 4.18. The summed E-state index contributed by atoms with van der Waals surface area (Å²) in [5.41, 5.74) is 3.75. The molecule has 6 heteroatoms. The molecule has 0 unspecified atom stereocenters. The molecule has 0 heterocycles. The fourth-order valence-corrected chi connectivity index (χ4v) is 1.99. The summed E-state index contributed by atoms with van der Waals surface area (Å²) in [6.07, 6.45) is 0.167. The van der Waals surface area contributed by atoms with Gasteiger partial charge in [-0.05, 0) is 23.3 Å².